The molecule has 2 heterocycles. The zero-order valence-electron chi connectivity index (χ0n) is 20.3. The van der Waals surface area contributed by atoms with E-state index in [4.69, 9.17) is 54.4 Å². The Morgan fingerprint density at radius 3 is 2.64 bits per heavy atom. The lowest BCUT2D eigenvalue weighted by Gasteiger charge is -2.29. The largest absolute Gasteiger partial charge is 0.490 e. The molecule has 2 aliphatic rings. The first-order valence-electron chi connectivity index (χ1n) is 11.6. The molecule has 1 saturated heterocycles. The Bertz CT molecular complexity index is 1550. The van der Waals surface area contributed by atoms with E-state index in [-0.39, 0.29) is 39.8 Å². The van der Waals surface area contributed by atoms with Crippen LogP contribution in [0.15, 0.2) is 58.6 Å². The number of amides is 2. The fourth-order valence-corrected chi connectivity index (χ4v) is 5.02. The lowest BCUT2D eigenvalue weighted by molar-refractivity contribution is -0.122. The van der Waals surface area contributed by atoms with Gasteiger partial charge in [0.25, 0.3) is 11.8 Å². The fraction of sp³-hybridized carbons (Fsp3) is 0.148. The van der Waals surface area contributed by atoms with Crippen LogP contribution in [0.4, 0.5) is 5.69 Å². The van der Waals surface area contributed by atoms with Gasteiger partial charge in [-0.15, -0.1) is 0 Å². The normalized spacial score (nSPS) is 15.5. The van der Waals surface area contributed by atoms with Crippen LogP contribution in [-0.2, 0) is 16.2 Å². The number of benzene rings is 3. The smallest absolute Gasteiger partial charge is 0.270 e. The molecule has 5 rings (SSSR count). The number of hydrogen-bond donors (Lipinski definition) is 1. The average molecular weight is 650 g/mol. The van der Waals surface area contributed by atoms with Crippen molar-refractivity contribution in [2.75, 3.05) is 18.3 Å². The molecule has 0 bridgehead atoms. The van der Waals surface area contributed by atoms with Crippen molar-refractivity contribution in [2.24, 2.45) is 0 Å². The number of nitrogens with one attached hydrogen (secondary N) is 1. The fourth-order valence-electron chi connectivity index (χ4n) is 3.93. The summed E-state index contributed by atoms with van der Waals surface area (Å²) in [5.74, 6) is 0.950. The lowest BCUT2D eigenvalue weighted by Crippen LogP contribution is -2.54. The molecule has 0 aromatic heterocycles. The van der Waals surface area contributed by atoms with E-state index in [1.165, 1.54) is 6.08 Å². The second-order valence-electron chi connectivity index (χ2n) is 8.26. The van der Waals surface area contributed by atoms with E-state index in [1.807, 2.05) is 25.1 Å². The number of fused-ring (bicyclic) bond motifs is 1. The lowest BCUT2D eigenvalue weighted by atomic mass is 10.1. The molecule has 0 radical (unpaired) electrons. The standard InChI is InChI=1S/C27H19BrCl2N2O6S/c1-2-35-22-10-15(17(28)11-23(22)36-12-14-6-7-20-21(8-14)38-13-37-20)9-16-25(33)31-27(39)32(26(16)34)19-5-3-4-18(29)24(19)30/h3-11H,2,12-13H2,1H3,(H,31,33,39)/b16-9+. The Hall–Kier alpha value is -3.31. The molecule has 3 aromatic carbocycles. The number of thiocarbonyl (C=S) groups is 1. The average Bonchev–Trinajstić information content (AvgIpc) is 3.37. The zero-order chi connectivity index (χ0) is 27.7. The number of carbonyl (C=O) groups excluding carboxylic acids is 2. The topological polar surface area (TPSA) is 86.3 Å². The number of rotatable bonds is 7. The zero-order valence-corrected chi connectivity index (χ0v) is 24.2. The van der Waals surface area contributed by atoms with Gasteiger partial charge in [0.05, 0.1) is 22.3 Å². The summed E-state index contributed by atoms with van der Waals surface area (Å²) in [5, 5.41) is 2.81. The number of ether oxygens (including phenoxy) is 4. The maximum atomic E-state index is 13.5. The first kappa shape index (κ1) is 27.3. The number of carbonyl (C=O) groups is 2. The van der Waals surface area contributed by atoms with Gasteiger partial charge in [-0.2, -0.15) is 0 Å². The molecule has 0 aliphatic carbocycles. The second kappa shape index (κ2) is 11.4. The van der Waals surface area contributed by atoms with E-state index < -0.39 is 11.8 Å². The van der Waals surface area contributed by atoms with Gasteiger partial charge in [-0.25, -0.2) is 0 Å². The van der Waals surface area contributed by atoms with Crippen molar-refractivity contribution in [1.82, 2.24) is 5.32 Å². The second-order valence-corrected chi connectivity index (χ2v) is 10.3. The van der Waals surface area contributed by atoms with Crippen molar-refractivity contribution < 1.29 is 28.5 Å². The minimum absolute atomic E-state index is 0.104. The highest BCUT2D eigenvalue weighted by molar-refractivity contribution is 9.10. The highest BCUT2D eigenvalue weighted by Gasteiger charge is 2.36. The van der Waals surface area contributed by atoms with E-state index in [9.17, 15) is 9.59 Å². The summed E-state index contributed by atoms with van der Waals surface area (Å²) in [6.07, 6.45) is 1.44. The Labute approximate surface area is 247 Å². The first-order valence-corrected chi connectivity index (χ1v) is 13.6. The highest BCUT2D eigenvalue weighted by Crippen LogP contribution is 2.38. The van der Waals surface area contributed by atoms with Crippen LogP contribution in [0.25, 0.3) is 6.08 Å². The molecular formula is C27H19BrCl2N2O6S. The van der Waals surface area contributed by atoms with E-state index >= 15 is 0 Å². The molecule has 200 valence electrons. The molecule has 0 atom stereocenters. The van der Waals surface area contributed by atoms with Crippen LogP contribution in [0.5, 0.6) is 23.0 Å². The third-order valence-corrected chi connectivity index (χ3v) is 7.55. The van der Waals surface area contributed by atoms with Gasteiger partial charge in [0.15, 0.2) is 28.1 Å². The number of nitrogens with zero attached hydrogens (tertiary/aromatic N) is 1. The molecule has 0 spiro atoms. The molecule has 1 N–H and O–H groups in total. The van der Waals surface area contributed by atoms with Crippen LogP contribution in [0, 0.1) is 0 Å². The molecule has 3 aromatic rings. The number of halogens is 3. The van der Waals surface area contributed by atoms with E-state index in [2.05, 4.69) is 21.2 Å². The monoisotopic (exact) mass is 648 g/mol. The molecular weight excluding hydrogens is 631 g/mol. The van der Waals surface area contributed by atoms with Gasteiger partial charge >= 0.3 is 0 Å². The minimum atomic E-state index is -0.652. The van der Waals surface area contributed by atoms with E-state index in [1.54, 1.807) is 30.3 Å². The van der Waals surface area contributed by atoms with Crippen molar-refractivity contribution in [3.8, 4) is 23.0 Å². The molecule has 1 fully saturated rings. The van der Waals surface area contributed by atoms with Gasteiger partial charge < -0.3 is 18.9 Å². The molecule has 8 nitrogen and oxygen atoms in total. The predicted octanol–water partition coefficient (Wildman–Crippen LogP) is 6.29. The van der Waals surface area contributed by atoms with Gasteiger partial charge in [0.1, 0.15) is 12.2 Å². The van der Waals surface area contributed by atoms with Crippen LogP contribution < -0.4 is 29.2 Å². The van der Waals surface area contributed by atoms with Crippen LogP contribution in [0.1, 0.15) is 18.1 Å². The van der Waals surface area contributed by atoms with Gasteiger partial charge in [0.2, 0.25) is 6.79 Å². The summed E-state index contributed by atoms with van der Waals surface area (Å²) >= 11 is 21.3. The van der Waals surface area contributed by atoms with E-state index in [0.717, 1.165) is 10.5 Å². The van der Waals surface area contributed by atoms with E-state index in [0.29, 0.717) is 39.6 Å². The summed E-state index contributed by atoms with van der Waals surface area (Å²) < 4.78 is 23.2. The summed E-state index contributed by atoms with van der Waals surface area (Å²) in [6, 6.07) is 13.8. The van der Waals surface area contributed by atoms with Crippen molar-refractivity contribution in [2.45, 2.75) is 13.5 Å². The molecule has 12 heteroatoms. The van der Waals surface area contributed by atoms with Crippen molar-refractivity contribution in [3.63, 3.8) is 0 Å². The van der Waals surface area contributed by atoms with Crippen LogP contribution >= 0.6 is 51.3 Å². The van der Waals surface area contributed by atoms with Crippen LogP contribution in [-0.4, -0.2) is 30.3 Å². The van der Waals surface area contributed by atoms with Crippen LogP contribution in [0.3, 0.4) is 0 Å². The Morgan fingerprint density at radius 1 is 1.08 bits per heavy atom. The van der Waals surface area contributed by atoms with Crippen LogP contribution in [0.2, 0.25) is 10.0 Å². The van der Waals surface area contributed by atoms with Crippen molar-refractivity contribution in [3.05, 3.63) is 79.7 Å². The molecule has 2 amide bonds. The van der Waals surface area contributed by atoms with Gasteiger partial charge in [0, 0.05) is 4.47 Å². The summed E-state index contributed by atoms with van der Waals surface area (Å²) in [7, 11) is 0. The first-order chi connectivity index (χ1) is 18.8. The van der Waals surface area contributed by atoms with Crippen molar-refractivity contribution in [1.29, 1.82) is 0 Å². The summed E-state index contributed by atoms with van der Waals surface area (Å²) in [6.45, 7) is 2.64. The third-order valence-electron chi connectivity index (χ3n) is 5.77. The Balaban J connectivity index is 1.45. The molecule has 2 aliphatic heterocycles. The Kier molecular flexibility index (Phi) is 7.99. The maximum Gasteiger partial charge on any atom is 0.270 e. The third kappa shape index (κ3) is 5.56. The summed E-state index contributed by atoms with van der Waals surface area (Å²) in [5.41, 5.74) is 1.49. The maximum absolute atomic E-state index is 13.5. The highest BCUT2D eigenvalue weighted by atomic mass is 79.9. The molecule has 0 saturated carbocycles. The van der Waals surface area contributed by atoms with Gasteiger partial charge in [-0.3, -0.25) is 19.8 Å². The summed E-state index contributed by atoms with van der Waals surface area (Å²) in [4.78, 5) is 27.4. The SMILES string of the molecule is CCOc1cc(/C=C2\C(=O)NC(=S)N(c3cccc(Cl)c3Cl)C2=O)c(Br)cc1OCc1ccc2c(c1)OCO2. The minimum Gasteiger partial charge on any atom is -0.490 e. The molecule has 0 unspecified atom stereocenters. The molecule has 39 heavy (non-hydrogen) atoms. The quantitative estimate of drug-likeness (QED) is 0.183. The number of anilines is 1. The van der Waals surface area contributed by atoms with Gasteiger partial charge in [-0.1, -0.05) is 51.3 Å². The number of hydrogen-bond acceptors (Lipinski definition) is 7. The predicted molar refractivity (Wildman–Crippen MR) is 155 cm³/mol. The van der Waals surface area contributed by atoms with Crippen molar-refractivity contribution >= 4 is 80.0 Å². The van der Waals surface area contributed by atoms with Gasteiger partial charge in [-0.05, 0) is 72.7 Å². The Morgan fingerprint density at radius 2 is 1.85 bits per heavy atom.